The number of aromatic nitrogens is 1. The molecule has 2 aromatic rings. The van der Waals surface area contributed by atoms with Gasteiger partial charge in [0.05, 0.1) is 12.5 Å². The molecule has 0 saturated carbocycles. The van der Waals surface area contributed by atoms with Gasteiger partial charge in [0.2, 0.25) is 5.91 Å². The average molecular weight is 579 g/mol. The lowest BCUT2D eigenvalue weighted by Gasteiger charge is -2.24. The molecule has 2 saturated heterocycles. The van der Waals surface area contributed by atoms with Crippen LogP contribution in [0.4, 0.5) is 26.3 Å². The lowest BCUT2D eigenvalue weighted by atomic mass is 9.85. The highest BCUT2D eigenvalue weighted by Crippen LogP contribution is 2.41. The number of likely N-dealkylation sites (tertiary alicyclic amines) is 2. The van der Waals surface area contributed by atoms with Gasteiger partial charge in [-0.2, -0.15) is 26.3 Å². The van der Waals surface area contributed by atoms with Gasteiger partial charge in [-0.05, 0) is 48.7 Å². The number of alkyl halides is 6. The molecule has 1 spiro atoms. The third-order valence-corrected chi connectivity index (χ3v) is 6.16. The summed E-state index contributed by atoms with van der Waals surface area (Å²) < 4.78 is 68.8. The summed E-state index contributed by atoms with van der Waals surface area (Å²) in [6, 6.07) is 12.1. The van der Waals surface area contributed by atoms with Crippen LogP contribution in [0.3, 0.4) is 0 Å². The third kappa shape index (κ3) is 9.39. The molecule has 15 heteroatoms. The van der Waals surface area contributed by atoms with E-state index in [1.54, 1.807) is 13.3 Å². The lowest BCUT2D eigenvalue weighted by Crippen LogP contribution is -2.36. The second-order valence-electron chi connectivity index (χ2n) is 9.04. The minimum absolute atomic E-state index is 0.193. The maximum atomic E-state index is 13.1. The summed E-state index contributed by atoms with van der Waals surface area (Å²) in [6.07, 6.45) is -4.54. The minimum atomic E-state index is -5.08. The molecule has 2 fully saturated rings. The van der Waals surface area contributed by atoms with Gasteiger partial charge in [-0.1, -0.05) is 18.2 Å². The Bertz CT molecular complexity index is 1140. The molecule has 2 aliphatic rings. The number of methoxy groups -OCH3 is 1. The number of hydrogen-bond donors (Lipinski definition) is 2. The number of ether oxygens (including phenoxy) is 1. The summed E-state index contributed by atoms with van der Waals surface area (Å²) in [5, 5.41) is 14.2. The molecule has 2 aliphatic heterocycles. The number of pyridine rings is 1. The van der Waals surface area contributed by atoms with Gasteiger partial charge in [-0.25, -0.2) is 9.59 Å². The van der Waals surface area contributed by atoms with E-state index in [-0.39, 0.29) is 5.41 Å². The Morgan fingerprint density at radius 1 is 0.950 bits per heavy atom. The molecule has 40 heavy (non-hydrogen) atoms. The van der Waals surface area contributed by atoms with Crippen molar-refractivity contribution in [2.45, 2.75) is 38.3 Å². The predicted molar refractivity (Wildman–Crippen MR) is 127 cm³/mol. The monoisotopic (exact) mass is 579 g/mol. The van der Waals surface area contributed by atoms with E-state index < -0.39 is 24.3 Å². The maximum Gasteiger partial charge on any atom is 0.490 e. The topological polar surface area (TPSA) is 120 Å². The fraction of sp³-hybridized carbons (Fsp3) is 0.440. The van der Waals surface area contributed by atoms with E-state index in [0.717, 1.165) is 50.3 Å². The average Bonchev–Trinajstić information content (AvgIpc) is 3.43. The van der Waals surface area contributed by atoms with E-state index in [4.69, 9.17) is 24.5 Å². The van der Waals surface area contributed by atoms with Gasteiger partial charge in [0.25, 0.3) is 0 Å². The van der Waals surface area contributed by atoms with Crippen molar-refractivity contribution in [2.24, 2.45) is 5.41 Å². The number of aliphatic carboxylic acids is 2. The molecule has 3 heterocycles. The first-order valence-corrected chi connectivity index (χ1v) is 11.7. The van der Waals surface area contributed by atoms with Crippen LogP contribution in [0, 0.1) is 5.41 Å². The van der Waals surface area contributed by atoms with E-state index in [0.29, 0.717) is 12.5 Å². The zero-order chi connectivity index (χ0) is 30.1. The second kappa shape index (κ2) is 13.5. The fourth-order valence-electron chi connectivity index (χ4n) is 4.26. The van der Waals surface area contributed by atoms with Crippen molar-refractivity contribution in [2.75, 3.05) is 26.7 Å². The summed E-state index contributed by atoms with van der Waals surface area (Å²) >= 11 is 0. The van der Waals surface area contributed by atoms with E-state index in [2.05, 4.69) is 22.0 Å². The van der Waals surface area contributed by atoms with Crippen LogP contribution in [-0.4, -0.2) is 81.9 Å². The van der Waals surface area contributed by atoms with Crippen molar-refractivity contribution in [3.63, 3.8) is 0 Å². The van der Waals surface area contributed by atoms with E-state index in [9.17, 15) is 31.1 Å². The number of carboxylic acids is 2. The first-order chi connectivity index (χ1) is 18.6. The highest BCUT2D eigenvalue weighted by Gasteiger charge is 2.50. The molecule has 1 amide bonds. The minimum Gasteiger partial charge on any atom is -0.497 e. The van der Waals surface area contributed by atoms with E-state index >= 15 is 0 Å². The van der Waals surface area contributed by atoms with Crippen LogP contribution in [0.15, 0.2) is 48.8 Å². The SMILES string of the molecule is COc1cccc(CN2CCC3(CCN(Cc4cccnc4)C3)C2=O)c1.O=C(O)C(F)(F)F.O=C(O)C(F)(F)F. The molecule has 1 aromatic heterocycles. The smallest absolute Gasteiger partial charge is 0.490 e. The Labute approximate surface area is 225 Å². The van der Waals surface area contributed by atoms with Gasteiger partial charge in [-0.15, -0.1) is 0 Å². The molecule has 0 bridgehead atoms. The van der Waals surface area contributed by atoms with Crippen molar-refractivity contribution in [1.82, 2.24) is 14.8 Å². The maximum absolute atomic E-state index is 13.1. The summed E-state index contributed by atoms with van der Waals surface area (Å²) in [5.41, 5.74) is 2.14. The molecule has 4 rings (SSSR count). The number of hydrogen-bond acceptors (Lipinski definition) is 6. The Morgan fingerprint density at radius 2 is 1.52 bits per heavy atom. The first kappa shape index (κ1) is 32.3. The molecule has 9 nitrogen and oxygen atoms in total. The number of rotatable bonds is 5. The van der Waals surface area contributed by atoms with Crippen LogP contribution in [-0.2, 0) is 27.5 Å². The van der Waals surface area contributed by atoms with Crippen molar-refractivity contribution in [3.8, 4) is 5.75 Å². The molecule has 220 valence electrons. The molecular weight excluding hydrogens is 552 g/mol. The van der Waals surface area contributed by atoms with Crippen molar-refractivity contribution in [1.29, 1.82) is 0 Å². The normalized spacial score (nSPS) is 19.0. The van der Waals surface area contributed by atoms with Crippen LogP contribution in [0.25, 0.3) is 0 Å². The molecule has 1 atom stereocenters. The molecule has 0 aliphatic carbocycles. The number of amides is 1. The third-order valence-electron chi connectivity index (χ3n) is 6.16. The largest absolute Gasteiger partial charge is 0.497 e. The van der Waals surface area contributed by atoms with Crippen LogP contribution in [0.5, 0.6) is 5.75 Å². The van der Waals surface area contributed by atoms with Crippen molar-refractivity contribution in [3.05, 3.63) is 59.9 Å². The molecule has 1 unspecified atom stereocenters. The zero-order valence-electron chi connectivity index (χ0n) is 21.2. The van der Waals surface area contributed by atoms with Gasteiger partial charge in [0.15, 0.2) is 0 Å². The standard InChI is InChI=1S/C21H25N3O2.2C2HF3O2/c1-26-19-6-2-4-17(12-19)15-24-11-8-21(20(24)25)7-10-23(16-21)14-18-5-3-9-22-13-18;2*3-2(4,5)1(6)7/h2-6,9,12-13H,7-8,10-11,14-16H2,1H3;2*(H,6,7). The number of carboxylic acid groups (broad SMARTS) is 2. The summed E-state index contributed by atoms with van der Waals surface area (Å²) in [4.78, 5) is 39.5. The Kier molecular flexibility index (Phi) is 10.9. The van der Waals surface area contributed by atoms with Gasteiger partial charge >= 0.3 is 24.3 Å². The van der Waals surface area contributed by atoms with Gasteiger partial charge in [-0.3, -0.25) is 14.7 Å². The second-order valence-corrected chi connectivity index (χ2v) is 9.04. The van der Waals surface area contributed by atoms with Crippen LogP contribution >= 0.6 is 0 Å². The molecule has 0 radical (unpaired) electrons. The van der Waals surface area contributed by atoms with Crippen LogP contribution in [0.2, 0.25) is 0 Å². The fourth-order valence-corrected chi connectivity index (χ4v) is 4.26. The highest BCUT2D eigenvalue weighted by atomic mass is 19.4. The lowest BCUT2D eigenvalue weighted by molar-refractivity contribution is -0.193. The number of halogens is 6. The van der Waals surface area contributed by atoms with Gasteiger partial charge in [0, 0.05) is 38.6 Å². The zero-order valence-corrected chi connectivity index (χ0v) is 21.2. The van der Waals surface area contributed by atoms with Gasteiger partial charge in [0.1, 0.15) is 5.75 Å². The summed E-state index contributed by atoms with van der Waals surface area (Å²) in [6.45, 7) is 4.22. The number of carbonyl (C=O) groups is 3. The van der Waals surface area contributed by atoms with Crippen molar-refractivity contribution < 1.29 is 55.7 Å². The Morgan fingerprint density at radius 3 is 2.05 bits per heavy atom. The first-order valence-electron chi connectivity index (χ1n) is 11.7. The molecular formula is C25H27F6N3O6. The van der Waals surface area contributed by atoms with E-state index in [1.807, 2.05) is 35.4 Å². The highest BCUT2D eigenvalue weighted by molar-refractivity contribution is 5.85. The Balaban J connectivity index is 0.000000333. The molecule has 2 N–H and O–H groups in total. The van der Waals surface area contributed by atoms with Crippen LogP contribution in [0.1, 0.15) is 24.0 Å². The van der Waals surface area contributed by atoms with Gasteiger partial charge < -0.3 is 19.8 Å². The molecule has 1 aromatic carbocycles. The number of carbonyl (C=O) groups excluding carboxylic acids is 1. The van der Waals surface area contributed by atoms with E-state index in [1.165, 1.54) is 5.56 Å². The summed E-state index contributed by atoms with van der Waals surface area (Å²) in [7, 11) is 1.67. The Hall–Kier alpha value is -3.88. The number of benzene rings is 1. The van der Waals surface area contributed by atoms with Crippen LogP contribution < -0.4 is 4.74 Å². The summed E-state index contributed by atoms with van der Waals surface area (Å²) in [5.74, 6) is -4.36. The van der Waals surface area contributed by atoms with Crippen molar-refractivity contribution >= 4 is 17.8 Å². The predicted octanol–water partition coefficient (Wildman–Crippen LogP) is 3.98. The number of nitrogens with zero attached hydrogens (tertiary/aromatic N) is 3. The quantitative estimate of drug-likeness (QED) is 0.511.